The van der Waals surface area contributed by atoms with Gasteiger partial charge in [0.25, 0.3) is 5.91 Å². The number of phosphoric ester groups is 2. The van der Waals surface area contributed by atoms with Crippen LogP contribution in [0.5, 0.6) is 0 Å². The quantitative estimate of drug-likeness (QED) is 0.0464. The fraction of sp³-hybridized carbons (Fsp3) is 0.481. The molecule has 1 aromatic carbocycles. The van der Waals surface area contributed by atoms with Crippen LogP contribution in [0.25, 0.3) is 11.2 Å². The highest BCUT2D eigenvalue weighted by atomic mass is 31.3. The number of aliphatic hydroxyl groups is 5. The molecular weight excluding hydrogens is 784 g/mol. The number of amidine groups is 1. The van der Waals surface area contributed by atoms with Gasteiger partial charge in [0, 0.05) is 0 Å². The predicted octanol–water partition coefficient (Wildman–Crippen LogP) is -2.26. The highest BCUT2D eigenvalue weighted by Crippen LogP contribution is 2.60. The number of nitrogens with one attached hydrogen (secondary N) is 2. The van der Waals surface area contributed by atoms with Crippen molar-refractivity contribution < 1.29 is 82.3 Å². The molecule has 1 saturated heterocycles. The number of carbonyl (C=O) groups is 2. The molecule has 3 amide bonds. The maximum atomic E-state index is 12.8. The number of β-amino-alcohol motifs (C(OH)–C–C–N with tert-alkyl or cyclic N) is 1. The number of phosphoric acid groups is 2. The highest BCUT2D eigenvalue weighted by Gasteiger charge is 2.56. The zero-order chi connectivity index (χ0) is 40.2. The number of anilines is 3. The number of fused-ring (bicyclic) bond motifs is 3. The second-order valence-electron chi connectivity index (χ2n) is 12.5. The molecule has 4 unspecified atom stereocenters. The summed E-state index contributed by atoms with van der Waals surface area (Å²) in [5.41, 5.74) is 5.33. The zero-order valence-electron chi connectivity index (χ0n) is 28.4. The number of aromatic nitrogens is 4. The molecule has 6 rings (SSSR count). The SMILES string of the molecule is Cc1cc2c(cc1C)N(C[C@H](O)[C@H](O)[C@H](O)COP(=O)(O)OP(=O)(O)OCC1O[C@@H](n3cnc4c(N)ncnc43)[C@H](O)[C@@H]1O)C1=NC(=O)NC(=O)C1(OO)N2. The number of aliphatic imine (C=N–C) groups is 1. The molecule has 3 aliphatic rings. The van der Waals surface area contributed by atoms with E-state index in [1.54, 1.807) is 26.0 Å². The Morgan fingerprint density at radius 1 is 1.02 bits per heavy atom. The van der Waals surface area contributed by atoms with Gasteiger partial charge in [-0.3, -0.25) is 23.7 Å². The Morgan fingerprint density at radius 3 is 2.42 bits per heavy atom. The lowest BCUT2D eigenvalue weighted by Crippen LogP contribution is -2.70. The first-order valence-electron chi connectivity index (χ1n) is 15.9. The summed E-state index contributed by atoms with van der Waals surface area (Å²) in [4.78, 5) is 66.3. The average Bonchev–Trinajstić information content (AvgIpc) is 3.67. The van der Waals surface area contributed by atoms with Crippen molar-refractivity contribution in [2.45, 2.75) is 62.4 Å². The van der Waals surface area contributed by atoms with Gasteiger partial charge in [-0.15, -0.1) is 0 Å². The van der Waals surface area contributed by atoms with E-state index in [4.69, 9.17) is 15.0 Å². The van der Waals surface area contributed by atoms with Crippen molar-refractivity contribution in [1.82, 2.24) is 24.8 Å². The van der Waals surface area contributed by atoms with Crippen molar-refractivity contribution in [3.63, 3.8) is 0 Å². The molecule has 26 nitrogen and oxygen atoms in total. The van der Waals surface area contributed by atoms with Gasteiger partial charge in [-0.25, -0.2) is 34.1 Å². The minimum Gasteiger partial charge on any atom is -0.388 e. The van der Waals surface area contributed by atoms with E-state index >= 15 is 0 Å². The third kappa shape index (κ3) is 7.84. The number of rotatable bonds is 14. The van der Waals surface area contributed by atoms with E-state index < -0.39 is 102 Å². The van der Waals surface area contributed by atoms with Crippen LogP contribution in [-0.4, -0.2) is 140 Å². The Kier molecular flexibility index (Phi) is 11.1. The molecule has 2 aromatic heterocycles. The van der Waals surface area contributed by atoms with Crippen molar-refractivity contribution in [3.05, 3.63) is 35.9 Å². The van der Waals surface area contributed by atoms with E-state index in [-0.39, 0.29) is 28.4 Å². The first-order valence-corrected chi connectivity index (χ1v) is 18.9. The van der Waals surface area contributed by atoms with Gasteiger partial charge in [0.15, 0.2) is 23.5 Å². The fourth-order valence-electron chi connectivity index (χ4n) is 5.89. The van der Waals surface area contributed by atoms with Crippen LogP contribution in [0.2, 0.25) is 0 Å². The minimum atomic E-state index is -5.59. The molecule has 300 valence electrons. The third-order valence-corrected chi connectivity index (χ3v) is 11.4. The summed E-state index contributed by atoms with van der Waals surface area (Å²) in [6.07, 6.45) is -10.3. The maximum absolute atomic E-state index is 12.8. The number of hydrogen-bond donors (Lipinski definition) is 11. The van der Waals surface area contributed by atoms with Crippen molar-refractivity contribution in [3.8, 4) is 0 Å². The van der Waals surface area contributed by atoms with Gasteiger partial charge in [0.2, 0.25) is 0 Å². The molecule has 0 bridgehead atoms. The van der Waals surface area contributed by atoms with E-state index in [0.29, 0.717) is 11.1 Å². The van der Waals surface area contributed by atoms with Crippen LogP contribution in [0, 0.1) is 13.8 Å². The number of hydrogen-bond acceptors (Lipinski definition) is 21. The van der Waals surface area contributed by atoms with E-state index in [0.717, 1.165) is 11.2 Å². The van der Waals surface area contributed by atoms with Crippen molar-refractivity contribution >= 4 is 61.8 Å². The highest BCUT2D eigenvalue weighted by molar-refractivity contribution is 7.61. The van der Waals surface area contributed by atoms with E-state index in [1.165, 1.54) is 10.9 Å². The van der Waals surface area contributed by atoms with Gasteiger partial charge in [0.1, 0.15) is 48.5 Å². The number of aryl methyl sites for hydroxylation is 2. The standard InChI is InChI=1S/C27H35N9O17P2/c1-10-3-12-13(4-11(10)2)35(24-27(34-12,52-44)25(42)33-26(43)32-24)5-14(37)18(39)15(38)6-49-54(45,46)53-55(47,48)50-7-16-19(40)20(41)23(51-16)36-9-31-17-21(28)29-8-30-22(17)36/h3-4,8-9,14-16,18-20,23,34,37-41,44H,5-7H2,1-2H3,(H,45,46)(H,47,48)(H2,28,29,30)(H,33,42,43)/t14-,15+,16?,18-,19+,20+,23+,27?/m0/s1. The van der Waals surface area contributed by atoms with Crippen LogP contribution in [-0.2, 0) is 36.9 Å². The molecule has 5 heterocycles. The lowest BCUT2D eigenvalue weighted by molar-refractivity contribution is -0.284. The predicted molar refractivity (Wildman–Crippen MR) is 181 cm³/mol. The average molecular weight is 820 g/mol. The summed E-state index contributed by atoms with van der Waals surface area (Å²) < 4.78 is 45.4. The number of amides is 3. The molecule has 55 heavy (non-hydrogen) atoms. The van der Waals surface area contributed by atoms with Gasteiger partial charge in [-0.1, -0.05) is 0 Å². The number of carbonyl (C=O) groups excluding carboxylic acids is 2. The number of imidazole rings is 1. The summed E-state index contributed by atoms with van der Waals surface area (Å²) in [6.45, 7) is 0.445. The number of ether oxygens (including phenoxy) is 1. The number of nitrogens with two attached hydrogens (primary N) is 1. The molecule has 0 aliphatic carbocycles. The molecule has 1 fully saturated rings. The number of nitrogens with zero attached hydrogens (tertiary/aromatic N) is 6. The van der Waals surface area contributed by atoms with Crippen molar-refractivity contribution in [1.29, 1.82) is 0 Å². The lowest BCUT2D eigenvalue weighted by Gasteiger charge is -2.45. The Hall–Kier alpha value is -4.08. The van der Waals surface area contributed by atoms with Crippen LogP contribution < -0.4 is 21.3 Å². The van der Waals surface area contributed by atoms with Gasteiger partial charge >= 0.3 is 27.4 Å². The molecular formula is C27H35N9O17P2. The van der Waals surface area contributed by atoms with Crippen LogP contribution in [0.1, 0.15) is 17.4 Å². The summed E-state index contributed by atoms with van der Waals surface area (Å²) >= 11 is 0. The fourth-order valence-corrected chi connectivity index (χ4v) is 7.99. The Balaban J connectivity index is 1.07. The normalized spacial score (nSPS) is 27.6. The topological polar surface area (TPSA) is 386 Å². The van der Waals surface area contributed by atoms with Crippen LogP contribution in [0.4, 0.5) is 22.0 Å². The minimum absolute atomic E-state index is 0.0193. The summed E-state index contributed by atoms with van der Waals surface area (Å²) in [5, 5.41) is 67.6. The number of nitrogen functional groups attached to an aromatic ring is 1. The number of benzene rings is 1. The molecule has 0 spiro atoms. The Labute approximate surface area is 307 Å². The Morgan fingerprint density at radius 2 is 1.71 bits per heavy atom. The Bertz CT molecular complexity index is 2120. The largest absolute Gasteiger partial charge is 0.481 e. The number of imide groups is 1. The van der Waals surface area contributed by atoms with Crippen LogP contribution >= 0.6 is 15.6 Å². The van der Waals surface area contributed by atoms with Gasteiger partial charge in [0.05, 0.1) is 37.5 Å². The zero-order valence-corrected chi connectivity index (χ0v) is 30.2. The molecule has 3 aromatic rings. The van der Waals surface area contributed by atoms with Crippen LogP contribution in [0.15, 0.2) is 29.8 Å². The summed E-state index contributed by atoms with van der Waals surface area (Å²) in [6, 6.07) is 1.97. The smallest absolute Gasteiger partial charge is 0.388 e. The monoisotopic (exact) mass is 819 g/mol. The second kappa shape index (κ2) is 15.1. The van der Waals surface area contributed by atoms with Crippen LogP contribution in [0.3, 0.4) is 0 Å². The molecule has 12 N–H and O–H groups in total. The second-order valence-corrected chi connectivity index (χ2v) is 15.6. The van der Waals surface area contributed by atoms with Crippen molar-refractivity contribution in [2.75, 3.05) is 35.7 Å². The molecule has 3 aliphatic heterocycles. The van der Waals surface area contributed by atoms with Gasteiger partial charge < -0.3 is 56.0 Å². The molecule has 28 heteroatoms. The number of urea groups is 1. The summed E-state index contributed by atoms with van der Waals surface area (Å²) in [7, 11) is -11.1. The first kappa shape index (κ1) is 40.6. The van der Waals surface area contributed by atoms with E-state index in [2.05, 4.69) is 39.0 Å². The molecule has 0 saturated carbocycles. The van der Waals surface area contributed by atoms with E-state index in [9.17, 15) is 59.3 Å². The van der Waals surface area contributed by atoms with E-state index in [1.807, 2.05) is 5.32 Å². The number of aliphatic hydroxyl groups excluding tert-OH is 5. The molecule has 10 atom stereocenters. The lowest BCUT2D eigenvalue weighted by atomic mass is 9.98. The molecule has 0 radical (unpaired) electrons. The van der Waals surface area contributed by atoms with Crippen molar-refractivity contribution in [2.24, 2.45) is 4.99 Å². The van der Waals surface area contributed by atoms with Gasteiger partial charge in [-0.05, 0) is 37.1 Å². The summed E-state index contributed by atoms with van der Waals surface area (Å²) in [5.74, 6) is -1.71. The first-order chi connectivity index (χ1) is 25.8. The van der Waals surface area contributed by atoms with Gasteiger partial charge in [-0.2, -0.15) is 14.2 Å². The third-order valence-electron chi connectivity index (χ3n) is 8.84. The maximum Gasteiger partial charge on any atom is 0.481 e.